The van der Waals surface area contributed by atoms with Gasteiger partial charge >= 0.3 is 0 Å². The molecular formula is C17H19ClN4O4S. The van der Waals surface area contributed by atoms with E-state index in [0.29, 0.717) is 13.1 Å². The van der Waals surface area contributed by atoms with E-state index in [4.69, 9.17) is 11.6 Å². The minimum absolute atomic E-state index is 0.0536. The highest BCUT2D eigenvalue weighted by atomic mass is 35.5. The third-order valence-corrected chi connectivity index (χ3v) is 4.76. The third-order valence-electron chi connectivity index (χ3n) is 3.65. The summed E-state index contributed by atoms with van der Waals surface area (Å²) in [7, 11) is 0. The van der Waals surface area contributed by atoms with E-state index in [1.165, 1.54) is 18.2 Å². The van der Waals surface area contributed by atoms with Crippen molar-refractivity contribution in [1.29, 1.82) is 0 Å². The summed E-state index contributed by atoms with van der Waals surface area (Å²) < 4.78 is 0. The lowest BCUT2D eigenvalue weighted by atomic mass is 10.2. The first-order chi connectivity index (χ1) is 12.9. The Labute approximate surface area is 165 Å². The molecule has 0 bridgehead atoms. The first-order valence-electron chi connectivity index (χ1n) is 8.14. The van der Waals surface area contributed by atoms with Crippen molar-refractivity contribution < 1.29 is 14.5 Å². The average Bonchev–Trinajstić information content (AvgIpc) is 3.14. The fourth-order valence-corrected chi connectivity index (χ4v) is 3.10. The number of anilines is 1. The van der Waals surface area contributed by atoms with Gasteiger partial charge in [-0.15, -0.1) is 11.3 Å². The van der Waals surface area contributed by atoms with Crippen molar-refractivity contribution >= 4 is 46.1 Å². The van der Waals surface area contributed by atoms with Gasteiger partial charge in [-0.05, 0) is 30.1 Å². The molecule has 0 aliphatic carbocycles. The Hall–Kier alpha value is -2.49. The molecule has 0 saturated heterocycles. The van der Waals surface area contributed by atoms with Gasteiger partial charge in [0.05, 0.1) is 24.6 Å². The molecule has 10 heteroatoms. The van der Waals surface area contributed by atoms with E-state index in [0.717, 1.165) is 4.88 Å². The van der Waals surface area contributed by atoms with E-state index in [-0.39, 0.29) is 35.4 Å². The molecule has 0 aliphatic heterocycles. The number of nitrogens with zero attached hydrogens (tertiary/aromatic N) is 2. The number of carbonyl (C=O) groups is 2. The summed E-state index contributed by atoms with van der Waals surface area (Å²) in [6.07, 6.45) is 0. The first-order valence-corrected chi connectivity index (χ1v) is 9.40. The Morgan fingerprint density at radius 3 is 2.63 bits per heavy atom. The van der Waals surface area contributed by atoms with E-state index in [1.54, 1.807) is 16.2 Å². The highest BCUT2D eigenvalue weighted by Gasteiger charge is 2.18. The van der Waals surface area contributed by atoms with Crippen LogP contribution in [0.5, 0.6) is 0 Å². The molecular weight excluding hydrogens is 392 g/mol. The number of nitrogens with one attached hydrogen (secondary N) is 2. The number of hydrogen-bond acceptors (Lipinski definition) is 6. The van der Waals surface area contributed by atoms with Crippen molar-refractivity contribution in [2.24, 2.45) is 0 Å². The fraction of sp³-hybridized carbons (Fsp3) is 0.294. The van der Waals surface area contributed by atoms with E-state index >= 15 is 0 Å². The van der Waals surface area contributed by atoms with Gasteiger partial charge in [0.1, 0.15) is 5.69 Å². The van der Waals surface area contributed by atoms with Gasteiger partial charge < -0.3 is 10.6 Å². The molecule has 1 heterocycles. The molecule has 0 unspecified atom stereocenters. The van der Waals surface area contributed by atoms with Crippen LogP contribution >= 0.6 is 22.9 Å². The van der Waals surface area contributed by atoms with Gasteiger partial charge in [0, 0.05) is 16.0 Å². The number of benzene rings is 1. The number of rotatable bonds is 9. The van der Waals surface area contributed by atoms with Gasteiger partial charge in [0.15, 0.2) is 0 Å². The van der Waals surface area contributed by atoms with E-state index < -0.39 is 10.8 Å². The quantitative estimate of drug-likeness (QED) is 0.488. The predicted molar refractivity (Wildman–Crippen MR) is 105 cm³/mol. The number of thiophene rings is 1. The minimum Gasteiger partial charge on any atom is -0.350 e. The van der Waals surface area contributed by atoms with E-state index in [1.807, 2.05) is 24.4 Å². The topological polar surface area (TPSA) is 105 Å². The molecule has 0 saturated carbocycles. The Bertz CT molecular complexity index is 813. The van der Waals surface area contributed by atoms with Gasteiger partial charge in [-0.1, -0.05) is 24.6 Å². The summed E-state index contributed by atoms with van der Waals surface area (Å²) >= 11 is 7.31. The van der Waals surface area contributed by atoms with Crippen LogP contribution in [-0.2, 0) is 16.1 Å². The van der Waals surface area contributed by atoms with Crippen LogP contribution in [0.15, 0.2) is 35.7 Å². The van der Waals surface area contributed by atoms with Crippen molar-refractivity contribution in [3.05, 3.63) is 55.7 Å². The lowest BCUT2D eigenvalue weighted by Gasteiger charge is -2.19. The fourth-order valence-electron chi connectivity index (χ4n) is 2.29. The molecule has 0 aliphatic rings. The van der Waals surface area contributed by atoms with E-state index in [9.17, 15) is 19.7 Å². The molecule has 0 spiro atoms. The number of amides is 2. The molecule has 1 aromatic heterocycles. The second-order valence-corrected chi connectivity index (χ2v) is 7.09. The second-order valence-electron chi connectivity index (χ2n) is 5.63. The molecule has 0 fully saturated rings. The van der Waals surface area contributed by atoms with Crippen LogP contribution in [0.1, 0.15) is 11.8 Å². The molecule has 2 N–H and O–H groups in total. The number of carbonyl (C=O) groups excluding carboxylic acids is 2. The molecule has 1 aromatic carbocycles. The molecule has 2 rings (SSSR count). The maximum absolute atomic E-state index is 12.2. The largest absolute Gasteiger partial charge is 0.350 e. The van der Waals surface area contributed by atoms with Gasteiger partial charge in [0.2, 0.25) is 11.8 Å². The zero-order valence-corrected chi connectivity index (χ0v) is 16.2. The van der Waals surface area contributed by atoms with Crippen LogP contribution in [0.2, 0.25) is 5.02 Å². The molecule has 0 radical (unpaired) electrons. The monoisotopic (exact) mass is 410 g/mol. The van der Waals surface area contributed by atoms with Crippen LogP contribution in [0.4, 0.5) is 11.4 Å². The zero-order chi connectivity index (χ0) is 19.8. The number of halogens is 1. The molecule has 8 nitrogen and oxygen atoms in total. The summed E-state index contributed by atoms with van der Waals surface area (Å²) in [6.45, 7) is 2.73. The molecule has 0 atom stereocenters. The maximum atomic E-state index is 12.2. The van der Waals surface area contributed by atoms with Crippen molar-refractivity contribution in [3.63, 3.8) is 0 Å². The summed E-state index contributed by atoms with van der Waals surface area (Å²) in [4.78, 5) is 37.4. The zero-order valence-electron chi connectivity index (χ0n) is 14.6. The van der Waals surface area contributed by atoms with Crippen LogP contribution in [0.3, 0.4) is 0 Å². The lowest BCUT2D eigenvalue weighted by Crippen LogP contribution is -2.40. The Morgan fingerprint density at radius 2 is 2.00 bits per heavy atom. The highest BCUT2D eigenvalue weighted by Crippen LogP contribution is 2.27. The number of nitro benzene ring substituents is 1. The van der Waals surface area contributed by atoms with Gasteiger partial charge in [-0.3, -0.25) is 24.6 Å². The summed E-state index contributed by atoms with van der Waals surface area (Å²) in [5.74, 6) is -0.649. The molecule has 144 valence electrons. The van der Waals surface area contributed by atoms with Crippen molar-refractivity contribution in [2.45, 2.75) is 13.5 Å². The van der Waals surface area contributed by atoms with Crippen molar-refractivity contribution in [3.8, 4) is 0 Å². The first kappa shape index (κ1) is 20.8. The maximum Gasteiger partial charge on any atom is 0.294 e. The minimum atomic E-state index is -0.614. The number of nitro groups is 1. The highest BCUT2D eigenvalue weighted by molar-refractivity contribution is 7.09. The van der Waals surface area contributed by atoms with Gasteiger partial charge in [0.25, 0.3) is 5.69 Å². The summed E-state index contributed by atoms with van der Waals surface area (Å²) in [6, 6.07) is 7.84. The third kappa shape index (κ3) is 6.63. The molecule has 2 aromatic rings. The molecule has 27 heavy (non-hydrogen) atoms. The van der Waals surface area contributed by atoms with Crippen LogP contribution in [0.25, 0.3) is 0 Å². The number of likely N-dealkylation sites (N-methyl/N-ethyl adjacent to an activating group) is 1. The summed E-state index contributed by atoms with van der Waals surface area (Å²) in [5, 5.41) is 18.5. The Kier molecular flexibility index (Phi) is 7.71. The van der Waals surface area contributed by atoms with Crippen LogP contribution < -0.4 is 10.6 Å². The SMILES string of the molecule is CCN(CC(=O)NCc1cccs1)CC(=O)Nc1ccc(Cl)cc1[N+](=O)[O-]. The lowest BCUT2D eigenvalue weighted by molar-refractivity contribution is -0.383. The van der Waals surface area contributed by atoms with E-state index in [2.05, 4.69) is 10.6 Å². The van der Waals surface area contributed by atoms with Crippen molar-refractivity contribution in [1.82, 2.24) is 10.2 Å². The normalized spacial score (nSPS) is 10.6. The van der Waals surface area contributed by atoms with Crippen LogP contribution in [-0.4, -0.2) is 41.3 Å². The van der Waals surface area contributed by atoms with Crippen molar-refractivity contribution in [2.75, 3.05) is 25.0 Å². The number of hydrogen-bond donors (Lipinski definition) is 2. The second kappa shape index (κ2) is 10.0. The Balaban J connectivity index is 1.89. The van der Waals surface area contributed by atoms with Gasteiger partial charge in [-0.2, -0.15) is 0 Å². The predicted octanol–water partition coefficient (Wildman–Crippen LogP) is 2.89. The van der Waals surface area contributed by atoms with Gasteiger partial charge in [-0.25, -0.2) is 0 Å². The average molecular weight is 411 g/mol. The smallest absolute Gasteiger partial charge is 0.294 e. The summed E-state index contributed by atoms with van der Waals surface area (Å²) in [5.41, 5.74) is -0.222. The van der Waals surface area contributed by atoms with Crippen LogP contribution in [0, 0.1) is 10.1 Å². The molecule has 2 amide bonds. The standard InChI is InChI=1S/C17H19ClN4O4S/c1-2-21(10-16(23)19-9-13-4-3-7-27-13)11-17(24)20-14-6-5-12(18)8-15(14)22(25)26/h3-8H,2,9-11H2,1H3,(H,19,23)(H,20,24). The Morgan fingerprint density at radius 1 is 1.26 bits per heavy atom.